The van der Waals surface area contributed by atoms with E-state index in [-0.39, 0.29) is 36.2 Å². The summed E-state index contributed by atoms with van der Waals surface area (Å²) in [6, 6.07) is 32.3. The zero-order chi connectivity index (χ0) is 44.3. The Kier molecular flexibility index (Phi) is 18.8. The van der Waals surface area contributed by atoms with Crippen LogP contribution in [-0.2, 0) is 52.8 Å². The molecule has 0 unspecified atom stereocenters. The van der Waals surface area contributed by atoms with Crippen LogP contribution in [0.5, 0.6) is 23.0 Å². The van der Waals surface area contributed by atoms with Gasteiger partial charge in [0.25, 0.3) is 20.0 Å². The molecule has 0 fully saturated rings. The minimum atomic E-state index is -3.82. The number of halogens is 1. The van der Waals surface area contributed by atoms with Gasteiger partial charge in [-0.25, -0.2) is 16.8 Å². The molecule has 0 spiro atoms. The van der Waals surface area contributed by atoms with Crippen molar-refractivity contribution in [2.24, 2.45) is 0 Å². The number of aromatic amines is 1. The number of hydrogen-bond acceptors (Lipinski definition) is 10. The van der Waals surface area contributed by atoms with Crippen LogP contribution in [0.2, 0.25) is 0 Å². The summed E-state index contributed by atoms with van der Waals surface area (Å²) in [5.41, 5.74) is 3.40. The molecule has 4 aromatic carbocycles. The predicted molar refractivity (Wildman–Crippen MR) is 240 cm³/mol. The molecule has 0 saturated carbocycles. The molecule has 0 bridgehead atoms. The summed E-state index contributed by atoms with van der Waals surface area (Å²) in [5, 5.41) is 11.5. The van der Waals surface area contributed by atoms with E-state index >= 15 is 0 Å². The third-order valence-electron chi connectivity index (χ3n) is 8.81. The van der Waals surface area contributed by atoms with Crippen LogP contribution in [-0.4, -0.2) is 79.2 Å². The molecular formula is C44H51BrN6O8S2. The Morgan fingerprint density at radius 2 is 0.951 bits per heavy atom. The number of hydrogen-bond donors (Lipinski definition) is 1. The lowest BCUT2D eigenvalue weighted by molar-refractivity contribution is 0.395. The highest BCUT2D eigenvalue weighted by Gasteiger charge is 2.28. The van der Waals surface area contributed by atoms with Crippen molar-refractivity contribution in [1.29, 1.82) is 0 Å². The Hall–Kier alpha value is -5.72. The van der Waals surface area contributed by atoms with Crippen LogP contribution in [0.3, 0.4) is 0 Å². The van der Waals surface area contributed by atoms with E-state index in [1.807, 2.05) is 97.1 Å². The molecule has 61 heavy (non-hydrogen) atoms. The van der Waals surface area contributed by atoms with Gasteiger partial charge in [0.15, 0.2) is 10.1 Å². The van der Waals surface area contributed by atoms with Crippen LogP contribution < -0.4 is 18.9 Å². The number of nitrogens with one attached hydrogen (secondary N) is 1. The molecule has 6 rings (SSSR count). The van der Waals surface area contributed by atoms with Gasteiger partial charge in [-0.05, 0) is 82.9 Å². The summed E-state index contributed by atoms with van der Waals surface area (Å²) in [5.74, 6) is 2.87. The van der Waals surface area contributed by atoms with E-state index in [1.165, 1.54) is 26.9 Å². The van der Waals surface area contributed by atoms with Gasteiger partial charge >= 0.3 is 0 Å². The number of rotatable bonds is 19. The van der Waals surface area contributed by atoms with Crippen molar-refractivity contribution in [2.45, 2.75) is 42.8 Å². The molecule has 0 amide bonds. The highest BCUT2D eigenvalue weighted by atomic mass is 79.9. The maximum atomic E-state index is 13.4. The van der Waals surface area contributed by atoms with E-state index in [9.17, 15) is 16.8 Å². The molecule has 1 N–H and O–H groups in total. The Bertz CT molecular complexity index is 2350. The van der Waals surface area contributed by atoms with Crippen molar-refractivity contribution in [3.63, 3.8) is 0 Å². The number of alkyl halides is 1. The van der Waals surface area contributed by atoms with Crippen LogP contribution in [0.15, 0.2) is 157 Å². The molecule has 0 aliphatic carbocycles. The van der Waals surface area contributed by atoms with Crippen molar-refractivity contribution >= 4 is 36.0 Å². The number of H-pyrrole nitrogens is 1. The number of methoxy groups -OCH3 is 4. The van der Waals surface area contributed by atoms with Gasteiger partial charge in [0, 0.05) is 37.7 Å². The smallest absolute Gasteiger partial charge is 0.262 e. The molecule has 0 aliphatic heterocycles. The maximum absolute atomic E-state index is 13.4. The Morgan fingerprint density at radius 3 is 1.25 bits per heavy atom. The highest BCUT2D eigenvalue weighted by molar-refractivity contribution is 9.09. The highest BCUT2D eigenvalue weighted by Crippen LogP contribution is 2.24. The second kappa shape index (κ2) is 23.9. The van der Waals surface area contributed by atoms with Gasteiger partial charge in [0.1, 0.15) is 23.0 Å². The average Bonchev–Trinajstić information content (AvgIpc) is 4.02. The van der Waals surface area contributed by atoms with Gasteiger partial charge in [-0.1, -0.05) is 76.6 Å². The first-order valence-corrected chi connectivity index (χ1v) is 22.7. The van der Waals surface area contributed by atoms with Crippen LogP contribution in [0.1, 0.15) is 22.3 Å². The van der Waals surface area contributed by atoms with Crippen molar-refractivity contribution < 1.29 is 35.8 Å². The third-order valence-corrected chi connectivity index (χ3v) is 12.7. The zero-order valence-corrected chi connectivity index (χ0v) is 37.8. The molecule has 324 valence electrons. The Labute approximate surface area is 367 Å². The largest absolute Gasteiger partial charge is 0.497 e. The summed E-state index contributed by atoms with van der Waals surface area (Å²) < 4.78 is 77.9. The first-order chi connectivity index (χ1) is 29.4. The lowest BCUT2D eigenvalue weighted by Crippen LogP contribution is -2.30. The van der Waals surface area contributed by atoms with E-state index in [4.69, 9.17) is 18.9 Å². The Balaban J connectivity index is 0.000000248. The molecule has 6 aromatic rings. The van der Waals surface area contributed by atoms with Gasteiger partial charge in [-0.15, -0.1) is 13.2 Å². The first-order valence-electron chi connectivity index (χ1n) is 18.7. The molecule has 14 nitrogen and oxygen atoms in total. The second-order valence-corrected chi connectivity index (χ2v) is 17.4. The topological polar surface area (TPSA) is 158 Å². The third kappa shape index (κ3) is 14.2. The minimum Gasteiger partial charge on any atom is -0.497 e. The van der Waals surface area contributed by atoms with Gasteiger partial charge < -0.3 is 18.9 Å². The lowest BCUT2D eigenvalue weighted by Gasteiger charge is -2.22. The number of allylic oxidation sites excluding steroid dienone is 2. The fraction of sp³-hybridized carbons (Fsp3) is 0.227. The number of nitrogens with zero attached hydrogens (tertiary/aromatic N) is 5. The summed E-state index contributed by atoms with van der Waals surface area (Å²) in [6.45, 7) is 8.37. The van der Waals surface area contributed by atoms with Crippen LogP contribution in [0.25, 0.3) is 0 Å². The van der Waals surface area contributed by atoms with Gasteiger partial charge in [0.05, 0.1) is 41.2 Å². The molecule has 17 heteroatoms. The second-order valence-electron chi connectivity index (χ2n) is 13.0. The Morgan fingerprint density at radius 1 is 0.590 bits per heavy atom. The summed E-state index contributed by atoms with van der Waals surface area (Å²) >= 11 is 3.13. The fourth-order valence-electron chi connectivity index (χ4n) is 5.56. The fourth-order valence-corrected chi connectivity index (χ4v) is 8.22. The van der Waals surface area contributed by atoms with E-state index in [2.05, 4.69) is 44.4 Å². The van der Waals surface area contributed by atoms with Crippen LogP contribution >= 0.6 is 15.9 Å². The number of ether oxygens (including phenoxy) is 4. The SMILES string of the molecule is C=CCBr.C=CCn1ccc(S(=O)(=O)N(Cc2ccc(OC)cc2)Cc2ccc(OC)cc2)n1.COc1ccc(CN(Cc2ccc(OC)cc2)S(=O)(=O)c2ccn[nH]2)cc1. The molecular weight excluding hydrogens is 885 g/mol. The molecule has 0 aliphatic rings. The van der Waals surface area contributed by atoms with Crippen molar-refractivity contribution in [1.82, 2.24) is 28.6 Å². The number of aromatic nitrogens is 4. The van der Waals surface area contributed by atoms with Crippen molar-refractivity contribution in [2.75, 3.05) is 33.8 Å². The number of benzene rings is 4. The standard InChI is InChI=1S/C22H25N3O4S.C19H21N3O4S.C3H5Br/c1-4-14-24-15-13-22(23-24)30(26,27)25(16-18-5-9-20(28-2)10-6-18)17-19-7-11-21(29-3)12-8-19;1-25-17-7-3-15(4-8-17)13-22(27(23,24)19-11-12-20-21-19)14-16-5-9-18(26-2)10-6-16;1-2-3-4/h4-13,15H,1,14,16-17H2,2-3H3;3-12H,13-14H2,1-2H3,(H,20,21);2H,1,3H2. The van der Waals surface area contributed by atoms with E-state index in [0.29, 0.717) is 18.0 Å². The van der Waals surface area contributed by atoms with E-state index in [1.54, 1.807) is 51.5 Å². The maximum Gasteiger partial charge on any atom is 0.262 e. The summed E-state index contributed by atoms with van der Waals surface area (Å²) in [7, 11) is -1.19. The first kappa shape index (κ1) is 48.0. The predicted octanol–water partition coefficient (Wildman–Crippen LogP) is 7.86. The van der Waals surface area contributed by atoms with Gasteiger partial charge in [-0.3, -0.25) is 9.78 Å². The van der Waals surface area contributed by atoms with E-state index < -0.39 is 20.0 Å². The summed E-state index contributed by atoms with van der Waals surface area (Å²) in [6.07, 6.45) is 6.51. The number of sulfonamides is 2. The normalized spacial score (nSPS) is 11.1. The zero-order valence-electron chi connectivity index (χ0n) is 34.6. The quantitative estimate of drug-likeness (QED) is 0.0626. The average molecular weight is 936 g/mol. The van der Waals surface area contributed by atoms with Gasteiger partial charge in [-0.2, -0.15) is 18.8 Å². The molecule has 2 aromatic heterocycles. The molecule has 0 radical (unpaired) electrons. The van der Waals surface area contributed by atoms with Crippen molar-refractivity contribution in [3.05, 3.63) is 169 Å². The van der Waals surface area contributed by atoms with Crippen LogP contribution in [0, 0.1) is 0 Å². The molecule has 0 atom stereocenters. The van der Waals surface area contributed by atoms with Gasteiger partial charge in [0.2, 0.25) is 0 Å². The molecule has 2 heterocycles. The van der Waals surface area contributed by atoms with Crippen molar-refractivity contribution in [3.8, 4) is 23.0 Å². The van der Waals surface area contributed by atoms with E-state index in [0.717, 1.165) is 39.1 Å². The molecule has 0 saturated heterocycles. The minimum absolute atomic E-state index is 0.00590. The lowest BCUT2D eigenvalue weighted by atomic mass is 10.2. The monoisotopic (exact) mass is 934 g/mol. The summed E-state index contributed by atoms with van der Waals surface area (Å²) in [4.78, 5) is 0. The van der Waals surface area contributed by atoms with Crippen LogP contribution in [0.4, 0.5) is 0 Å².